The van der Waals surface area contributed by atoms with Gasteiger partial charge < -0.3 is 5.32 Å². The van der Waals surface area contributed by atoms with E-state index >= 15 is 0 Å². The van der Waals surface area contributed by atoms with Crippen LogP contribution in [0.5, 0.6) is 0 Å². The number of nitrogens with one attached hydrogen (secondary N) is 1. The lowest BCUT2D eigenvalue weighted by Gasteiger charge is -2.25. The van der Waals surface area contributed by atoms with Gasteiger partial charge in [-0.05, 0) is 54.2 Å². The van der Waals surface area contributed by atoms with Crippen molar-refractivity contribution in [2.24, 2.45) is 5.92 Å². The summed E-state index contributed by atoms with van der Waals surface area (Å²) >= 11 is 5.42. The van der Waals surface area contributed by atoms with Gasteiger partial charge in [0, 0.05) is 20.8 Å². The fraction of sp³-hybridized carbons (Fsp3) is 0.714. The molecule has 96 valence electrons. The lowest BCUT2D eigenvalue weighted by Crippen LogP contribution is -2.35. The smallest absolute Gasteiger partial charge is 0.0285 e. The number of likely N-dealkylation sites (N-methyl/N-ethyl adjacent to an activating group) is 1. The SMILES string of the molecule is CNC(Cc1cc(Br)cs1)C1CCCCCC1. The van der Waals surface area contributed by atoms with Gasteiger partial charge in [-0.15, -0.1) is 11.3 Å². The van der Waals surface area contributed by atoms with E-state index in [9.17, 15) is 0 Å². The van der Waals surface area contributed by atoms with E-state index < -0.39 is 0 Å². The number of thiophene rings is 1. The van der Waals surface area contributed by atoms with Gasteiger partial charge in [0.15, 0.2) is 0 Å². The summed E-state index contributed by atoms with van der Waals surface area (Å²) in [6.07, 6.45) is 9.76. The van der Waals surface area contributed by atoms with E-state index in [1.807, 2.05) is 11.3 Å². The van der Waals surface area contributed by atoms with Crippen LogP contribution in [0.1, 0.15) is 43.4 Å². The summed E-state index contributed by atoms with van der Waals surface area (Å²) in [7, 11) is 2.12. The molecule has 0 bridgehead atoms. The van der Waals surface area contributed by atoms with Gasteiger partial charge in [-0.3, -0.25) is 0 Å². The minimum absolute atomic E-state index is 0.665. The van der Waals surface area contributed by atoms with Crippen LogP contribution in [0, 0.1) is 5.92 Å². The molecule has 1 fully saturated rings. The fourth-order valence-electron chi connectivity index (χ4n) is 2.90. The summed E-state index contributed by atoms with van der Waals surface area (Å²) in [5, 5.41) is 5.74. The Labute approximate surface area is 117 Å². The minimum atomic E-state index is 0.665. The van der Waals surface area contributed by atoms with Crippen molar-refractivity contribution in [3.63, 3.8) is 0 Å². The summed E-state index contributed by atoms with van der Waals surface area (Å²) in [5.74, 6) is 0.878. The summed E-state index contributed by atoms with van der Waals surface area (Å²) in [6, 6.07) is 2.93. The zero-order valence-corrected chi connectivity index (χ0v) is 12.9. The summed E-state index contributed by atoms with van der Waals surface area (Å²) in [4.78, 5) is 1.50. The van der Waals surface area contributed by atoms with Crippen LogP contribution in [-0.2, 0) is 6.42 Å². The normalized spacial score (nSPS) is 20.1. The summed E-state index contributed by atoms with van der Waals surface area (Å²) in [6.45, 7) is 0. The number of hydrogen-bond acceptors (Lipinski definition) is 2. The van der Waals surface area contributed by atoms with Gasteiger partial charge in [-0.2, -0.15) is 0 Å². The van der Waals surface area contributed by atoms with Gasteiger partial charge in [-0.1, -0.05) is 25.7 Å². The second kappa shape index (κ2) is 6.91. The predicted molar refractivity (Wildman–Crippen MR) is 79.8 cm³/mol. The van der Waals surface area contributed by atoms with Crippen molar-refractivity contribution in [2.45, 2.75) is 51.0 Å². The zero-order valence-electron chi connectivity index (χ0n) is 10.5. The van der Waals surface area contributed by atoms with Crippen molar-refractivity contribution in [1.82, 2.24) is 5.32 Å². The second-order valence-corrected chi connectivity index (χ2v) is 6.99. The Balaban J connectivity index is 1.95. The van der Waals surface area contributed by atoms with Gasteiger partial charge in [0.05, 0.1) is 0 Å². The predicted octanol–water partition coefficient (Wildman–Crippen LogP) is 4.61. The highest BCUT2D eigenvalue weighted by Crippen LogP contribution is 2.29. The molecular formula is C14H22BrNS. The molecule has 0 radical (unpaired) electrons. The largest absolute Gasteiger partial charge is 0.316 e. The first-order valence-corrected chi connectivity index (χ1v) is 8.37. The maximum Gasteiger partial charge on any atom is 0.0285 e. The van der Waals surface area contributed by atoms with E-state index in [4.69, 9.17) is 0 Å². The van der Waals surface area contributed by atoms with Crippen molar-refractivity contribution in [3.8, 4) is 0 Å². The van der Waals surface area contributed by atoms with Crippen LogP contribution in [0.3, 0.4) is 0 Å². The van der Waals surface area contributed by atoms with Crippen LogP contribution in [0.2, 0.25) is 0 Å². The summed E-state index contributed by atoms with van der Waals surface area (Å²) < 4.78 is 1.23. The highest BCUT2D eigenvalue weighted by Gasteiger charge is 2.21. The van der Waals surface area contributed by atoms with Gasteiger partial charge in [-0.25, -0.2) is 0 Å². The Kier molecular flexibility index (Phi) is 5.51. The third-order valence-corrected chi connectivity index (χ3v) is 5.60. The molecule has 1 heterocycles. The van der Waals surface area contributed by atoms with Gasteiger partial charge in [0.25, 0.3) is 0 Å². The summed E-state index contributed by atoms with van der Waals surface area (Å²) in [5.41, 5.74) is 0. The average Bonchev–Trinajstić information content (AvgIpc) is 2.58. The maximum absolute atomic E-state index is 3.55. The molecule has 0 aliphatic heterocycles. The fourth-order valence-corrected chi connectivity index (χ4v) is 4.41. The molecule has 2 rings (SSSR count). The molecule has 0 aromatic carbocycles. The molecule has 0 saturated heterocycles. The molecule has 3 heteroatoms. The molecule has 1 aliphatic rings. The van der Waals surface area contributed by atoms with Crippen molar-refractivity contribution in [1.29, 1.82) is 0 Å². The number of halogens is 1. The van der Waals surface area contributed by atoms with E-state index in [2.05, 4.69) is 39.7 Å². The van der Waals surface area contributed by atoms with Crippen LogP contribution in [0.4, 0.5) is 0 Å². The van der Waals surface area contributed by atoms with Crippen LogP contribution in [-0.4, -0.2) is 13.1 Å². The zero-order chi connectivity index (χ0) is 12.1. The van der Waals surface area contributed by atoms with Gasteiger partial charge in [0.1, 0.15) is 0 Å². The third kappa shape index (κ3) is 4.08. The Hall–Kier alpha value is 0.140. The molecular weight excluding hydrogens is 294 g/mol. The van der Waals surface area contributed by atoms with Crippen molar-refractivity contribution >= 4 is 27.3 Å². The molecule has 17 heavy (non-hydrogen) atoms. The molecule has 1 aromatic rings. The van der Waals surface area contributed by atoms with Crippen LogP contribution in [0.15, 0.2) is 15.9 Å². The van der Waals surface area contributed by atoms with Gasteiger partial charge in [0.2, 0.25) is 0 Å². The quantitative estimate of drug-likeness (QED) is 0.800. The molecule has 1 saturated carbocycles. The highest BCUT2D eigenvalue weighted by molar-refractivity contribution is 9.10. The first-order valence-electron chi connectivity index (χ1n) is 6.70. The van der Waals surface area contributed by atoms with Crippen LogP contribution >= 0.6 is 27.3 Å². The van der Waals surface area contributed by atoms with Crippen molar-refractivity contribution in [2.75, 3.05) is 7.05 Å². The molecule has 1 unspecified atom stereocenters. The van der Waals surface area contributed by atoms with E-state index in [0.717, 1.165) is 5.92 Å². The second-order valence-electron chi connectivity index (χ2n) is 5.08. The van der Waals surface area contributed by atoms with Crippen LogP contribution in [0.25, 0.3) is 0 Å². The highest BCUT2D eigenvalue weighted by atomic mass is 79.9. The average molecular weight is 316 g/mol. The Morgan fingerprint density at radius 3 is 2.59 bits per heavy atom. The Morgan fingerprint density at radius 2 is 2.06 bits per heavy atom. The van der Waals surface area contributed by atoms with Crippen molar-refractivity contribution in [3.05, 3.63) is 20.8 Å². The topological polar surface area (TPSA) is 12.0 Å². The number of hydrogen-bond donors (Lipinski definition) is 1. The Morgan fingerprint density at radius 1 is 1.35 bits per heavy atom. The maximum atomic E-state index is 3.55. The minimum Gasteiger partial charge on any atom is -0.316 e. The molecule has 1 atom stereocenters. The van der Waals surface area contributed by atoms with Gasteiger partial charge >= 0.3 is 0 Å². The molecule has 0 spiro atoms. The number of rotatable bonds is 4. The van der Waals surface area contributed by atoms with Crippen molar-refractivity contribution < 1.29 is 0 Å². The van der Waals surface area contributed by atoms with Crippen LogP contribution < -0.4 is 5.32 Å². The molecule has 1 N–H and O–H groups in total. The molecule has 1 aromatic heterocycles. The lowest BCUT2D eigenvalue weighted by molar-refractivity contribution is 0.334. The third-order valence-electron chi connectivity index (χ3n) is 3.88. The lowest BCUT2D eigenvalue weighted by atomic mass is 9.89. The molecule has 0 amide bonds. The first kappa shape index (κ1) is 13.6. The molecule has 1 aliphatic carbocycles. The molecule has 1 nitrogen and oxygen atoms in total. The Bertz CT molecular complexity index is 329. The first-order chi connectivity index (χ1) is 8.29. The standard InChI is InChI=1S/C14H22BrNS/c1-16-14(9-13-8-12(15)10-17-13)11-6-4-2-3-5-7-11/h8,10-11,14,16H,2-7,9H2,1H3. The van der Waals surface area contributed by atoms with E-state index in [-0.39, 0.29) is 0 Å². The van der Waals surface area contributed by atoms with E-state index in [0.29, 0.717) is 6.04 Å². The van der Waals surface area contributed by atoms with E-state index in [1.54, 1.807) is 0 Å². The van der Waals surface area contributed by atoms with E-state index in [1.165, 1.54) is 54.3 Å². The monoisotopic (exact) mass is 315 g/mol.